The first-order valence-electron chi connectivity index (χ1n) is 6.13. The fraction of sp³-hybridized carbons (Fsp3) is 0.750. The van der Waals surface area contributed by atoms with Gasteiger partial charge in [0.25, 0.3) is 0 Å². The van der Waals surface area contributed by atoms with Gasteiger partial charge in [-0.05, 0) is 19.4 Å². The molecule has 4 nitrogen and oxygen atoms in total. The van der Waals surface area contributed by atoms with Gasteiger partial charge in [0.1, 0.15) is 11.5 Å². The van der Waals surface area contributed by atoms with E-state index in [-0.39, 0.29) is 0 Å². The van der Waals surface area contributed by atoms with Gasteiger partial charge in [0.15, 0.2) is 0 Å². The van der Waals surface area contributed by atoms with E-state index in [1.807, 2.05) is 0 Å². The summed E-state index contributed by atoms with van der Waals surface area (Å²) in [5.41, 5.74) is 6.69. The highest BCUT2D eigenvalue weighted by Gasteiger charge is 2.28. The number of likely N-dealkylation sites (tertiary alicyclic amines) is 1. The Labute approximate surface area is 96.8 Å². The molecule has 0 radical (unpaired) electrons. The lowest BCUT2D eigenvalue weighted by Gasteiger charge is -2.21. The number of hydrogen-bond acceptors (Lipinski definition) is 4. The van der Waals surface area contributed by atoms with Gasteiger partial charge in [0.2, 0.25) is 0 Å². The van der Waals surface area contributed by atoms with Crippen LogP contribution in [0.4, 0.5) is 0 Å². The van der Waals surface area contributed by atoms with Crippen LogP contribution in [0.5, 0.6) is 0 Å². The molecule has 2 heterocycles. The van der Waals surface area contributed by atoms with Gasteiger partial charge < -0.3 is 10.3 Å². The molecule has 4 heteroatoms. The van der Waals surface area contributed by atoms with Gasteiger partial charge in [-0.2, -0.15) is 0 Å². The van der Waals surface area contributed by atoms with Crippen molar-refractivity contribution in [3.05, 3.63) is 17.5 Å². The molecule has 1 aromatic rings. The first-order chi connectivity index (χ1) is 7.72. The molecule has 0 saturated carbocycles. The van der Waals surface area contributed by atoms with Crippen LogP contribution in [0.2, 0.25) is 0 Å². The zero-order valence-electron chi connectivity index (χ0n) is 10.1. The van der Waals surface area contributed by atoms with Crippen LogP contribution in [0.25, 0.3) is 0 Å². The summed E-state index contributed by atoms with van der Waals surface area (Å²) in [6.07, 6.45) is 2.40. The molecule has 0 aliphatic carbocycles. The molecule has 1 atom stereocenters. The SMILES string of the molecule is CC(C)c1cc([C@@H]2CCCN2CCN)no1. The fourth-order valence-corrected chi connectivity index (χ4v) is 2.33. The minimum absolute atomic E-state index is 0.408. The van der Waals surface area contributed by atoms with Crippen molar-refractivity contribution in [1.29, 1.82) is 0 Å². The van der Waals surface area contributed by atoms with Crippen LogP contribution in [0.3, 0.4) is 0 Å². The number of nitrogens with two attached hydrogens (primary N) is 1. The summed E-state index contributed by atoms with van der Waals surface area (Å²) in [5.74, 6) is 1.39. The molecule has 1 fully saturated rings. The summed E-state index contributed by atoms with van der Waals surface area (Å²) in [7, 11) is 0. The maximum absolute atomic E-state index is 5.62. The topological polar surface area (TPSA) is 55.3 Å². The predicted molar refractivity (Wildman–Crippen MR) is 63.2 cm³/mol. The van der Waals surface area contributed by atoms with Crippen molar-refractivity contribution >= 4 is 0 Å². The quantitative estimate of drug-likeness (QED) is 0.847. The third-order valence-electron chi connectivity index (χ3n) is 3.24. The lowest BCUT2D eigenvalue weighted by Crippen LogP contribution is -2.29. The van der Waals surface area contributed by atoms with E-state index < -0.39 is 0 Å². The zero-order valence-corrected chi connectivity index (χ0v) is 10.1. The number of aromatic nitrogens is 1. The second-order valence-electron chi connectivity index (χ2n) is 4.79. The lowest BCUT2D eigenvalue weighted by atomic mass is 10.1. The van der Waals surface area contributed by atoms with E-state index in [0.717, 1.165) is 24.5 Å². The summed E-state index contributed by atoms with van der Waals surface area (Å²) in [6.45, 7) is 7.04. The molecule has 16 heavy (non-hydrogen) atoms. The predicted octanol–water partition coefficient (Wildman–Crippen LogP) is 1.89. The molecule has 0 spiro atoms. The van der Waals surface area contributed by atoms with Gasteiger partial charge in [0, 0.05) is 25.1 Å². The molecule has 2 N–H and O–H groups in total. The normalized spacial score (nSPS) is 22.1. The second kappa shape index (κ2) is 4.97. The Kier molecular flexibility index (Phi) is 3.61. The van der Waals surface area contributed by atoms with Crippen LogP contribution in [-0.4, -0.2) is 29.7 Å². The maximum atomic E-state index is 5.62. The smallest absolute Gasteiger partial charge is 0.139 e. The van der Waals surface area contributed by atoms with Crippen molar-refractivity contribution in [2.45, 2.75) is 38.6 Å². The molecule has 0 aromatic carbocycles. The van der Waals surface area contributed by atoms with Crippen molar-refractivity contribution in [2.75, 3.05) is 19.6 Å². The number of nitrogens with zero attached hydrogens (tertiary/aromatic N) is 2. The van der Waals surface area contributed by atoms with Gasteiger partial charge in [-0.3, -0.25) is 4.90 Å². The number of hydrogen-bond donors (Lipinski definition) is 1. The Morgan fingerprint density at radius 3 is 3.06 bits per heavy atom. The molecule has 1 aromatic heterocycles. The average molecular weight is 223 g/mol. The molecular weight excluding hydrogens is 202 g/mol. The Hall–Kier alpha value is -0.870. The van der Waals surface area contributed by atoms with E-state index in [0.29, 0.717) is 18.5 Å². The van der Waals surface area contributed by atoms with E-state index in [1.165, 1.54) is 12.8 Å². The standard InChI is InChI=1S/C12H21N3O/c1-9(2)12-8-10(14-16-12)11-4-3-6-15(11)7-5-13/h8-9,11H,3-7,13H2,1-2H3/t11-/m0/s1. The Bertz CT molecular complexity index is 335. The third kappa shape index (κ3) is 2.28. The third-order valence-corrected chi connectivity index (χ3v) is 3.24. The molecule has 1 saturated heterocycles. The Balaban J connectivity index is 2.10. The van der Waals surface area contributed by atoms with E-state index in [9.17, 15) is 0 Å². The minimum Gasteiger partial charge on any atom is -0.361 e. The summed E-state index contributed by atoms with van der Waals surface area (Å²) in [5, 5.41) is 4.19. The van der Waals surface area contributed by atoms with Crippen molar-refractivity contribution in [2.24, 2.45) is 5.73 Å². The first-order valence-corrected chi connectivity index (χ1v) is 6.13. The van der Waals surface area contributed by atoms with Gasteiger partial charge in [-0.15, -0.1) is 0 Å². The van der Waals surface area contributed by atoms with E-state index >= 15 is 0 Å². The number of rotatable bonds is 4. The van der Waals surface area contributed by atoms with Crippen LogP contribution in [0.1, 0.15) is 50.1 Å². The molecule has 1 aliphatic heterocycles. The maximum Gasteiger partial charge on any atom is 0.139 e. The van der Waals surface area contributed by atoms with Crippen molar-refractivity contribution < 1.29 is 4.52 Å². The van der Waals surface area contributed by atoms with Crippen LogP contribution in [0.15, 0.2) is 10.6 Å². The van der Waals surface area contributed by atoms with Crippen molar-refractivity contribution in [3.63, 3.8) is 0 Å². The van der Waals surface area contributed by atoms with Crippen LogP contribution in [-0.2, 0) is 0 Å². The lowest BCUT2D eigenvalue weighted by molar-refractivity contribution is 0.250. The van der Waals surface area contributed by atoms with Gasteiger partial charge in [-0.1, -0.05) is 19.0 Å². The minimum atomic E-state index is 0.408. The van der Waals surface area contributed by atoms with E-state index in [2.05, 4.69) is 30.0 Å². The monoisotopic (exact) mass is 223 g/mol. The van der Waals surface area contributed by atoms with Crippen LogP contribution in [0, 0.1) is 0 Å². The highest BCUT2D eigenvalue weighted by atomic mass is 16.5. The van der Waals surface area contributed by atoms with Crippen LogP contribution >= 0.6 is 0 Å². The zero-order chi connectivity index (χ0) is 11.5. The highest BCUT2D eigenvalue weighted by molar-refractivity contribution is 5.13. The van der Waals surface area contributed by atoms with Crippen molar-refractivity contribution in [3.8, 4) is 0 Å². The summed E-state index contributed by atoms with van der Waals surface area (Å²) in [6, 6.07) is 2.52. The fourth-order valence-electron chi connectivity index (χ4n) is 2.33. The van der Waals surface area contributed by atoms with E-state index in [1.54, 1.807) is 0 Å². The molecular formula is C12H21N3O. The summed E-state index contributed by atoms with van der Waals surface area (Å²) in [4.78, 5) is 2.40. The average Bonchev–Trinajstić information content (AvgIpc) is 2.84. The van der Waals surface area contributed by atoms with Gasteiger partial charge in [0.05, 0.1) is 6.04 Å². The second-order valence-corrected chi connectivity index (χ2v) is 4.79. The first kappa shape index (κ1) is 11.6. The largest absolute Gasteiger partial charge is 0.361 e. The molecule has 90 valence electrons. The van der Waals surface area contributed by atoms with Crippen molar-refractivity contribution in [1.82, 2.24) is 10.1 Å². The van der Waals surface area contributed by atoms with Gasteiger partial charge >= 0.3 is 0 Å². The molecule has 2 rings (SSSR count). The highest BCUT2D eigenvalue weighted by Crippen LogP contribution is 2.31. The Morgan fingerprint density at radius 2 is 2.44 bits per heavy atom. The van der Waals surface area contributed by atoms with Gasteiger partial charge in [-0.25, -0.2) is 0 Å². The Morgan fingerprint density at radius 1 is 1.62 bits per heavy atom. The summed E-state index contributed by atoms with van der Waals surface area (Å²) < 4.78 is 5.36. The molecule has 0 unspecified atom stereocenters. The van der Waals surface area contributed by atoms with E-state index in [4.69, 9.17) is 10.3 Å². The van der Waals surface area contributed by atoms with Crippen LogP contribution < -0.4 is 5.73 Å². The summed E-state index contributed by atoms with van der Waals surface area (Å²) >= 11 is 0. The molecule has 0 bridgehead atoms. The molecule has 0 amide bonds. The molecule has 1 aliphatic rings.